The predicted molar refractivity (Wildman–Crippen MR) is 45.9 cm³/mol. The molecule has 0 saturated carbocycles. The Labute approximate surface area is 119 Å². The second-order valence-corrected chi connectivity index (χ2v) is 4.78. The summed E-state index contributed by atoms with van der Waals surface area (Å²) in [6, 6.07) is 0. The van der Waals surface area contributed by atoms with Crippen molar-refractivity contribution in [2.45, 2.75) is 55.5 Å². The Morgan fingerprint density at radius 2 is 0.783 bits per heavy atom. The van der Waals surface area contributed by atoms with E-state index in [4.69, 9.17) is 0 Å². The third kappa shape index (κ3) is 2.44. The molecule has 0 bridgehead atoms. The fourth-order valence-corrected chi connectivity index (χ4v) is 1.68. The lowest BCUT2D eigenvalue weighted by Crippen LogP contribution is -2.63. The summed E-state index contributed by atoms with van der Waals surface area (Å²) < 4.78 is 161. The van der Waals surface area contributed by atoms with Crippen LogP contribution in [0, 0.1) is 0 Å². The van der Waals surface area contributed by atoms with Crippen molar-refractivity contribution in [3.63, 3.8) is 0 Å². The zero-order chi connectivity index (χ0) is 18.9. The topological polar surface area (TPSA) is 18.5 Å². The van der Waals surface area contributed by atoms with Crippen LogP contribution in [-0.2, 0) is 9.47 Å². The van der Waals surface area contributed by atoms with Crippen molar-refractivity contribution in [3.05, 3.63) is 0 Å². The molecule has 2 unspecified atom stereocenters. The van der Waals surface area contributed by atoms with Crippen molar-refractivity contribution in [1.82, 2.24) is 0 Å². The number of ether oxygens (including phenoxy) is 2. The average Bonchev–Trinajstić information content (AvgIpc) is 2.48. The maximum atomic E-state index is 14.0. The minimum absolute atomic E-state index is 0.751. The molecule has 1 aliphatic rings. The molecule has 1 heterocycles. The van der Waals surface area contributed by atoms with Crippen LogP contribution >= 0.6 is 0 Å². The van der Waals surface area contributed by atoms with Crippen molar-refractivity contribution in [3.8, 4) is 0 Å². The van der Waals surface area contributed by atoms with Crippen LogP contribution in [0.1, 0.15) is 13.8 Å². The third-order valence-electron chi connectivity index (χ3n) is 2.86. The number of halogens is 12. The maximum absolute atomic E-state index is 14.0. The van der Waals surface area contributed by atoms with E-state index >= 15 is 0 Å². The first-order valence-electron chi connectivity index (χ1n) is 5.33. The molecule has 0 aromatic heterocycles. The highest BCUT2D eigenvalue weighted by molar-refractivity contribution is 5.11. The van der Waals surface area contributed by atoms with E-state index < -0.39 is 55.5 Å². The van der Waals surface area contributed by atoms with Gasteiger partial charge in [-0.25, -0.2) is 17.6 Å². The van der Waals surface area contributed by atoms with Gasteiger partial charge >= 0.3 is 41.7 Å². The highest BCUT2D eigenvalue weighted by Gasteiger charge is 2.93. The molecule has 2 nitrogen and oxygen atoms in total. The van der Waals surface area contributed by atoms with Gasteiger partial charge in [-0.3, -0.25) is 9.47 Å². The molecular formula is C9H6F12O2. The quantitative estimate of drug-likeness (QED) is 0.663. The second kappa shape index (κ2) is 4.58. The highest BCUT2D eigenvalue weighted by Crippen LogP contribution is 2.65. The molecule has 1 fully saturated rings. The van der Waals surface area contributed by atoms with Gasteiger partial charge in [0.05, 0.1) is 0 Å². The molecule has 0 aliphatic carbocycles. The number of alkyl halides is 12. The Bertz CT molecular complexity index is 427. The molecule has 0 aromatic rings. The molecule has 1 rings (SSSR count). The first-order chi connectivity index (χ1) is 9.66. The minimum Gasteiger partial charge on any atom is -0.288 e. The lowest BCUT2D eigenvalue weighted by molar-refractivity contribution is -0.465. The summed E-state index contributed by atoms with van der Waals surface area (Å²) in [7, 11) is 0. The first kappa shape index (κ1) is 20.1. The van der Waals surface area contributed by atoms with E-state index in [0.29, 0.717) is 0 Å². The molecule has 2 atom stereocenters. The van der Waals surface area contributed by atoms with E-state index in [-0.39, 0.29) is 0 Å². The Morgan fingerprint density at radius 1 is 0.565 bits per heavy atom. The molecule has 14 heteroatoms. The maximum Gasteiger partial charge on any atom is 0.453 e. The minimum atomic E-state index is -6.91. The van der Waals surface area contributed by atoms with Crippen LogP contribution in [0.15, 0.2) is 0 Å². The van der Waals surface area contributed by atoms with E-state index in [1.165, 1.54) is 0 Å². The lowest BCUT2D eigenvalue weighted by Gasteiger charge is -2.36. The predicted octanol–water partition coefficient (Wildman–Crippen LogP) is 4.50. The van der Waals surface area contributed by atoms with E-state index in [0.717, 1.165) is 0 Å². The van der Waals surface area contributed by atoms with Crippen LogP contribution < -0.4 is 0 Å². The molecule has 23 heavy (non-hydrogen) atoms. The van der Waals surface area contributed by atoms with Crippen molar-refractivity contribution in [1.29, 1.82) is 0 Å². The van der Waals surface area contributed by atoms with Crippen LogP contribution in [0.2, 0.25) is 0 Å². The highest BCUT2D eigenvalue weighted by atomic mass is 19.4. The first-order valence-corrected chi connectivity index (χ1v) is 5.33. The van der Waals surface area contributed by atoms with Gasteiger partial charge in [-0.15, -0.1) is 0 Å². The lowest BCUT2D eigenvalue weighted by atomic mass is 9.98. The van der Waals surface area contributed by atoms with Crippen LogP contribution in [0.5, 0.6) is 0 Å². The van der Waals surface area contributed by atoms with Crippen molar-refractivity contribution >= 4 is 0 Å². The van der Waals surface area contributed by atoms with Crippen LogP contribution in [-0.4, -0.2) is 41.7 Å². The summed E-state index contributed by atoms with van der Waals surface area (Å²) in [5.74, 6) is -29.7. The van der Waals surface area contributed by atoms with E-state index in [1.807, 2.05) is 0 Å². The van der Waals surface area contributed by atoms with Crippen molar-refractivity contribution in [2.75, 3.05) is 0 Å². The zero-order valence-corrected chi connectivity index (χ0v) is 10.9. The normalized spacial score (nSPS) is 33.1. The Balaban J connectivity index is 3.76. The summed E-state index contributed by atoms with van der Waals surface area (Å²) in [6.07, 6.45) is -13.8. The standard InChI is InChI=1S/C9H6F12O2/c1-3(10,11)5(14)6(15,4(2,12)13)23-7(22-5,8(16,17)18)9(19,20)21/h1-2H3. The summed E-state index contributed by atoms with van der Waals surface area (Å²) in [5.41, 5.74) is 0. The average molecular weight is 374 g/mol. The summed E-state index contributed by atoms with van der Waals surface area (Å²) >= 11 is 0. The van der Waals surface area contributed by atoms with E-state index in [9.17, 15) is 52.7 Å². The molecule has 0 radical (unpaired) electrons. The van der Waals surface area contributed by atoms with Gasteiger partial charge in [-0.05, 0) is 0 Å². The van der Waals surface area contributed by atoms with Crippen LogP contribution in [0.25, 0.3) is 0 Å². The van der Waals surface area contributed by atoms with Gasteiger partial charge in [0.1, 0.15) is 0 Å². The monoisotopic (exact) mass is 374 g/mol. The van der Waals surface area contributed by atoms with Gasteiger partial charge in [0, 0.05) is 13.8 Å². The molecule has 1 aliphatic heterocycles. The fourth-order valence-electron chi connectivity index (χ4n) is 1.68. The largest absolute Gasteiger partial charge is 0.453 e. The summed E-state index contributed by atoms with van der Waals surface area (Å²) in [6.45, 7) is -1.50. The molecule has 0 N–H and O–H groups in total. The number of rotatable bonds is 2. The van der Waals surface area contributed by atoms with Gasteiger partial charge in [0.2, 0.25) is 0 Å². The summed E-state index contributed by atoms with van der Waals surface area (Å²) in [4.78, 5) is 0. The second-order valence-electron chi connectivity index (χ2n) is 4.78. The third-order valence-corrected chi connectivity index (χ3v) is 2.86. The van der Waals surface area contributed by atoms with E-state index in [1.54, 1.807) is 0 Å². The van der Waals surface area contributed by atoms with Crippen LogP contribution in [0.4, 0.5) is 52.7 Å². The summed E-state index contributed by atoms with van der Waals surface area (Å²) in [5, 5.41) is 0. The molecular weight excluding hydrogens is 368 g/mol. The van der Waals surface area contributed by atoms with Gasteiger partial charge in [0.25, 0.3) is 0 Å². The van der Waals surface area contributed by atoms with Gasteiger partial charge in [-0.2, -0.15) is 35.1 Å². The Hall–Kier alpha value is -0.920. The molecule has 0 spiro atoms. The molecule has 0 aromatic carbocycles. The van der Waals surface area contributed by atoms with E-state index in [2.05, 4.69) is 9.47 Å². The molecule has 0 amide bonds. The van der Waals surface area contributed by atoms with Gasteiger partial charge in [0.15, 0.2) is 0 Å². The molecule has 138 valence electrons. The smallest absolute Gasteiger partial charge is 0.288 e. The fraction of sp³-hybridized carbons (Fsp3) is 1.00. The SMILES string of the molecule is CC(F)(F)C1(F)OC(C(F)(F)F)(C(F)(F)F)OC1(F)C(C)(F)F. The van der Waals surface area contributed by atoms with Crippen molar-refractivity contribution < 1.29 is 62.2 Å². The van der Waals surface area contributed by atoms with Gasteiger partial charge < -0.3 is 0 Å². The Morgan fingerprint density at radius 3 is 0.913 bits per heavy atom. The van der Waals surface area contributed by atoms with Gasteiger partial charge in [-0.1, -0.05) is 0 Å². The van der Waals surface area contributed by atoms with Crippen LogP contribution in [0.3, 0.4) is 0 Å². The number of hydrogen-bond donors (Lipinski definition) is 0. The Kier molecular flexibility index (Phi) is 4.01. The number of hydrogen-bond acceptors (Lipinski definition) is 2. The molecule has 1 saturated heterocycles. The van der Waals surface area contributed by atoms with Crippen molar-refractivity contribution in [2.24, 2.45) is 0 Å². The zero-order valence-electron chi connectivity index (χ0n) is 10.9.